The minimum Gasteiger partial charge on any atom is -0.490 e. The van der Waals surface area contributed by atoms with Gasteiger partial charge >= 0.3 is 5.97 Å². The number of benzene rings is 3. The molecule has 0 amide bonds. The molecule has 0 unspecified atom stereocenters. The van der Waals surface area contributed by atoms with Gasteiger partial charge in [-0.15, -0.1) is 0 Å². The van der Waals surface area contributed by atoms with Crippen molar-refractivity contribution >= 4 is 21.9 Å². The van der Waals surface area contributed by atoms with Crippen LogP contribution in [0.1, 0.15) is 10.4 Å². The second-order valence-electron chi connectivity index (χ2n) is 5.38. The highest BCUT2D eigenvalue weighted by atomic mass is 79.9. The first-order chi connectivity index (χ1) is 12.7. The molecule has 0 aromatic heterocycles. The molecule has 0 aliphatic heterocycles. The largest absolute Gasteiger partial charge is 0.490 e. The zero-order chi connectivity index (χ0) is 18.2. The lowest BCUT2D eigenvalue weighted by molar-refractivity contribution is 0.0734. The molecule has 3 aromatic carbocycles. The van der Waals surface area contributed by atoms with Crippen molar-refractivity contribution in [1.82, 2.24) is 0 Å². The predicted molar refractivity (Wildman–Crippen MR) is 103 cm³/mol. The Morgan fingerprint density at radius 2 is 1.38 bits per heavy atom. The molecule has 0 aliphatic carbocycles. The van der Waals surface area contributed by atoms with Crippen LogP contribution in [0, 0.1) is 0 Å². The van der Waals surface area contributed by atoms with Crippen LogP contribution in [0.25, 0.3) is 0 Å². The Hall–Kier alpha value is -2.79. The van der Waals surface area contributed by atoms with Crippen molar-refractivity contribution in [2.45, 2.75) is 0 Å². The molecule has 0 atom stereocenters. The van der Waals surface area contributed by atoms with Crippen molar-refractivity contribution in [1.29, 1.82) is 0 Å². The van der Waals surface area contributed by atoms with Crippen molar-refractivity contribution in [3.05, 3.63) is 88.9 Å². The van der Waals surface area contributed by atoms with Crippen LogP contribution >= 0.6 is 15.9 Å². The van der Waals surface area contributed by atoms with Gasteiger partial charge in [-0.25, -0.2) is 4.79 Å². The molecule has 0 radical (unpaired) electrons. The first-order valence-corrected chi connectivity index (χ1v) is 8.88. The van der Waals surface area contributed by atoms with Gasteiger partial charge in [0.2, 0.25) is 0 Å². The number of rotatable bonds is 7. The molecule has 0 saturated carbocycles. The molecule has 26 heavy (non-hydrogen) atoms. The quantitative estimate of drug-likeness (QED) is 0.306. The fourth-order valence-electron chi connectivity index (χ4n) is 2.22. The Kier molecular flexibility index (Phi) is 6.28. The molecule has 0 saturated heterocycles. The number of hydrogen-bond acceptors (Lipinski definition) is 4. The molecule has 3 aromatic rings. The fraction of sp³-hybridized carbons (Fsp3) is 0.0952. The van der Waals surface area contributed by atoms with Crippen LogP contribution < -0.4 is 14.2 Å². The standard InChI is InChI=1S/C21H17BrO4/c22-17-9-11-19(12-10-17)26-21(23)16-5-4-8-20(15-16)25-14-13-24-18-6-2-1-3-7-18/h1-12,15H,13-14H2. The zero-order valence-corrected chi connectivity index (χ0v) is 15.5. The summed E-state index contributed by atoms with van der Waals surface area (Å²) in [7, 11) is 0. The topological polar surface area (TPSA) is 44.8 Å². The summed E-state index contributed by atoms with van der Waals surface area (Å²) < 4.78 is 17.5. The van der Waals surface area contributed by atoms with Crippen molar-refractivity contribution in [3.63, 3.8) is 0 Å². The van der Waals surface area contributed by atoms with Crippen molar-refractivity contribution in [2.24, 2.45) is 0 Å². The van der Waals surface area contributed by atoms with Crippen molar-refractivity contribution in [2.75, 3.05) is 13.2 Å². The highest BCUT2D eigenvalue weighted by molar-refractivity contribution is 9.10. The third-order valence-electron chi connectivity index (χ3n) is 3.46. The van der Waals surface area contributed by atoms with Gasteiger partial charge in [-0.2, -0.15) is 0 Å². The second kappa shape index (κ2) is 9.06. The van der Waals surface area contributed by atoms with Crippen molar-refractivity contribution in [3.8, 4) is 17.2 Å². The van der Waals surface area contributed by atoms with E-state index in [1.807, 2.05) is 42.5 Å². The zero-order valence-electron chi connectivity index (χ0n) is 13.9. The third kappa shape index (κ3) is 5.36. The Bertz CT molecular complexity index is 847. The first-order valence-electron chi connectivity index (χ1n) is 8.09. The highest BCUT2D eigenvalue weighted by Gasteiger charge is 2.10. The van der Waals surface area contributed by atoms with Gasteiger partial charge in [0.25, 0.3) is 0 Å². The molecule has 0 heterocycles. The number of esters is 1. The summed E-state index contributed by atoms with van der Waals surface area (Å²) in [6.07, 6.45) is 0. The number of carbonyl (C=O) groups is 1. The van der Waals surface area contributed by atoms with Gasteiger partial charge in [-0.3, -0.25) is 0 Å². The molecular formula is C21H17BrO4. The summed E-state index contributed by atoms with van der Waals surface area (Å²) in [5, 5.41) is 0. The van der Waals surface area contributed by atoms with Crippen molar-refractivity contribution < 1.29 is 19.0 Å². The van der Waals surface area contributed by atoms with Gasteiger partial charge in [-0.1, -0.05) is 40.2 Å². The van der Waals surface area contributed by atoms with Crippen LogP contribution in [-0.2, 0) is 0 Å². The molecule has 0 spiro atoms. The SMILES string of the molecule is O=C(Oc1ccc(Br)cc1)c1cccc(OCCOc2ccccc2)c1. The van der Waals surface area contributed by atoms with E-state index < -0.39 is 5.97 Å². The fourth-order valence-corrected chi connectivity index (χ4v) is 2.48. The van der Waals surface area contributed by atoms with E-state index >= 15 is 0 Å². The van der Waals surface area contributed by atoms with Gasteiger partial charge in [0.05, 0.1) is 5.56 Å². The maximum absolute atomic E-state index is 12.3. The number of ether oxygens (including phenoxy) is 3. The van der Waals surface area contributed by atoms with E-state index in [1.54, 1.807) is 36.4 Å². The van der Waals surface area contributed by atoms with Crippen LogP contribution in [0.2, 0.25) is 0 Å². The molecule has 0 bridgehead atoms. The summed E-state index contributed by atoms with van der Waals surface area (Å²) >= 11 is 3.34. The molecule has 0 fully saturated rings. The normalized spacial score (nSPS) is 10.2. The number of halogens is 1. The Balaban J connectivity index is 1.52. The average Bonchev–Trinajstić information content (AvgIpc) is 2.68. The van der Waals surface area contributed by atoms with E-state index in [0.29, 0.717) is 30.3 Å². The maximum atomic E-state index is 12.3. The molecular weight excluding hydrogens is 396 g/mol. The number of hydrogen-bond donors (Lipinski definition) is 0. The first kappa shape index (κ1) is 18.0. The Labute approximate surface area is 160 Å². The van der Waals surface area contributed by atoms with E-state index in [1.165, 1.54) is 0 Å². The van der Waals surface area contributed by atoms with Gasteiger partial charge in [0, 0.05) is 4.47 Å². The molecule has 0 aliphatic rings. The van der Waals surface area contributed by atoms with Gasteiger partial charge < -0.3 is 14.2 Å². The van der Waals surface area contributed by atoms with E-state index in [2.05, 4.69) is 15.9 Å². The number of para-hydroxylation sites is 1. The lowest BCUT2D eigenvalue weighted by Gasteiger charge is -2.09. The summed E-state index contributed by atoms with van der Waals surface area (Å²) in [5.74, 6) is 1.44. The van der Waals surface area contributed by atoms with E-state index in [-0.39, 0.29) is 0 Å². The maximum Gasteiger partial charge on any atom is 0.343 e. The summed E-state index contributed by atoms with van der Waals surface area (Å²) in [5.41, 5.74) is 0.425. The van der Waals surface area contributed by atoms with Gasteiger partial charge in [-0.05, 0) is 54.6 Å². The van der Waals surface area contributed by atoms with Crippen LogP contribution in [0.5, 0.6) is 17.2 Å². The van der Waals surface area contributed by atoms with Gasteiger partial charge in [0.1, 0.15) is 30.5 Å². The molecule has 5 heteroatoms. The average molecular weight is 413 g/mol. The van der Waals surface area contributed by atoms with E-state index in [9.17, 15) is 4.79 Å². The number of carbonyl (C=O) groups excluding carboxylic acids is 1. The second-order valence-corrected chi connectivity index (χ2v) is 6.30. The summed E-state index contributed by atoms with van der Waals surface area (Å²) in [4.78, 5) is 12.3. The lowest BCUT2D eigenvalue weighted by Crippen LogP contribution is -2.11. The van der Waals surface area contributed by atoms with Crippen LogP contribution in [0.3, 0.4) is 0 Å². The van der Waals surface area contributed by atoms with Crippen LogP contribution in [-0.4, -0.2) is 19.2 Å². The van der Waals surface area contributed by atoms with Crippen LogP contribution in [0.4, 0.5) is 0 Å². The van der Waals surface area contributed by atoms with Gasteiger partial charge in [0.15, 0.2) is 0 Å². The third-order valence-corrected chi connectivity index (χ3v) is 3.99. The lowest BCUT2D eigenvalue weighted by atomic mass is 10.2. The molecule has 4 nitrogen and oxygen atoms in total. The Morgan fingerprint density at radius 1 is 0.731 bits per heavy atom. The monoisotopic (exact) mass is 412 g/mol. The smallest absolute Gasteiger partial charge is 0.343 e. The summed E-state index contributed by atoms with van der Waals surface area (Å²) in [6, 6.07) is 23.5. The predicted octanol–water partition coefficient (Wildman–Crippen LogP) is 5.13. The molecule has 3 rings (SSSR count). The van der Waals surface area contributed by atoms with E-state index in [4.69, 9.17) is 14.2 Å². The highest BCUT2D eigenvalue weighted by Crippen LogP contribution is 2.19. The molecule has 0 N–H and O–H groups in total. The Morgan fingerprint density at radius 3 is 2.12 bits per heavy atom. The molecule has 132 valence electrons. The minimum atomic E-state index is -0.432. The summed E-state index contributed by atoms with van der Waals surface area (Å²) in [6.45, 7) is 0.789. The van der Waals surface area contributed by atoms with E-state index in [0.717, 1.165) is 10.2 Å². The van der Waals surface area contributed by atoms with Crippen LogP contribution in [0.15, 0.2) is 83.3 Å². The minimum absolute atomic E-state index is 0.375.